The third-order valence-corrected chi connectivity index (χ3v) is 4.12. The van der Waals surface area contributed by atoms with Gasteiger partial charge in [0.05, 0.1) is 27.4 Å². The van der Waals surface area contributed by atoms with Crippen LogP contribution in [0.5, 0.6) is 0 Å². The monoisotopic (exact) mass is 354 g/mol. The second-order valence-electron chi connectivity index (χ2n) is 3.91. The summed E-state index contributed by atoms with van der Waals surface area (Å²) in [5.74, 6) is 0. The van der Waals surface area contributed by atoms with Crippen LogP contribution in [0.25, 0.3) is 0 Å². The van der Waals surface area contributed by atoms with Gasteiger partial charge < -0.3 is 5.32 Å². The summed E-state index contributed by atoms with van der Waals surface area (Å²) >= 11 is 15.4. The number of nitriles is 1. The Balaban J connectivity index is 2.14. The van der Waals surface area contributed by atoms with Crippen LogP contribution >= 0.6 is 39.1 Å². The number of hydrogen-bond donors (Lipinski definition) is 1. The molecule has 0 bridgehead atoms. The topological polar surface area (TPSA) is 35.8 Å². The van der Waals surface area contributed by atoms with E-state index in [1.165, 1.54) is 0 Å². The van der Waals surface area contributed by atoms with Crippen LogP contribution in [0.1, 0.15) is 11.1 Å². The molecule has 19 heavy (non-hydrogen) atoms. The molecule has 0 aliphatic carbocycles. The molecule has 5 heteroatoms. The van der Waals surface area contributed by atoms with Crippen molar-refractivity contribution < 1.29 is 0 Å². The van der Waals surface area contributed by atoms with Gasteiger partial charge in [0.1, 0.15) is 0 Å². The molecule has 0 spiro atoms. The van der Waals surface area contributed by atoms with Crippen molar-refractivity contribution in [3.05, 3.63) is 62.0 Å². The van der Waals surface area contributed by atoms with E-state index in [1.807, 2.05) is 18.2 Å². The molecule has 0 aromatic heterocycles. The fourth-order valence-corrected chi connectivity index (χ4v) is 2.21. The summed E-state index contributed by atoms with van der Waals surface area (Å²) in [6.07, 6.45) is 0. The maximum absolute atomic E-state index is 8.86. The molecule has 96 valence electrons. The molecule has 0 unspecified atom stereocenters. The molecule has 0 heterocycles. The summed E-state index contributed by atoms with van der Waals surface area (Å²) < 4.78 is 0.863. The lowest BCUT2D eigenvalue weighted by molar-refractivity contribution is 1.15. The van der Waals surface area contributed by atoms with Crippen LogP contribution in [0.2, 0.25) is 10.0 Å². The van der Waals surface area contributed by atoms with Gasteiger partial charge in [0, 0.05) is 11.0 Å². The SMILES string of the molecule is N#Cc1ccc(Cl)c(NCc2ccc(Br)c(Cl)c2)c1. The van der Waals surface area contributed by atoms with Gasteiger partial charge >= 0.3 is 0 Å². The predicted molar refractivity (Wildman–Crippen MR) is 82.6 cm³/mol. The molecule has 0 amide bonds. The molecular weight excluding hydrogens is 347 g/mol. The number of halogens is 3. The number of benzene rings is 2. The Morgan fingerprint density at radius 3 is 2.58 bits per heavy atom. The molecule has 2 nitrogen and oxygen atoms in total. The maximum atomic E-state index is 8.86. The fraction of sp³-hybridized carbons (Fsp3) is 0.0714. The largest absolute Gasteiger partial charge is 0.380 e. The van der Waals surface area contributed by atoms with Crippen LogP contribution in [0.3, 0.4) is 0 Å². The van der Waals surface area contributed by atoms with Crippen molar-refractivity contribution in [2.75, 3.05) is 5.32 Å². The van der Waals surface area contributed by atoms with Crippen molar-refractivity contribution >= 4 is 44.8 Å². The summed E-state index contributed by atoms with van der Waals surface area (Å²) in [6, 6.07) is 12.9. The smallest absolute Gasteiger partial charge is 0.0992 e. The zero-order valence-electron chi connectivity index (χ0n) is 9.75. The second kappa shape index (κ2) is 6.29. The van der Waals surface area contributed by atoms with Crippen molar-refractivity contribution in [3.63, 3.8) is 0 Å². The minimum Gasteiger partial charge on any atom is -0.380 e. The van der Waals surface area contributed by atoms with E-state index in [-0.39, 0.29) is 0 Å². The van der Waals surface area contributed by atoms with E-state index in [9.17, 15) is 0 Å². The van der Waals surface area contributed by atoms with Crippen molar-refractivity contribution in [3.8, 4) is 6.07 Å². The van der Waals surface area contributed by atoms with Crippen LogP contribution in [0.15, 0.2) is 40.9 Å². The van der Waals surface area contributed by atoms with Gasteiger partial charge in [0.25, 0.3) is 0 Å². The minimum atomic E-state index is 0.570. The first-order chi connectivity index (χ1) is 9.10. The van der Waals surface area contributed by atoms with Crippen LogP contribution in [-0.4, -0.2) is 0 Å². The Bertz CT molecular complexity index is 650. The highest BCUT2D eigenvalue weighted by Crippen LogP contribution is 2.26. The third kappa shape index (κ3) is 3.63. The lowest BCUT2D eigenvalue weighted by Crippen LogP contribution is -2.00. The van der Waals surface area contributed by atoms with Crippen molar-refractivity contribution in [2.45, 2.75) is 6.54 Å². The third-order valence-electron chi connectivity index (χ3n) is 2.56. The van der Waals surface area contributed by atoms with E-state index in [0.29, 0.717) is 22.2 Å². The van der Waals surface area contributed by atoms with Gasteiger partial charge in [-0.05, 0) is 51.8 Å². The Kier molecular flexibility index (Phi) is 4.71. The molecule has 2 aromatic rings. The minimum absolute atomic E-state index is 0.570. The molecular formula is C14H9BrCl2N2. The lowest BCUT2D eigenvalue weighted by Gasteiger charge is -2.09. The van der Waals surface area contributed by atoms with Gasteiger partial charge in [-0.25, -0.2) is 0 Å². The van der Waals surface area contributed by atoms with Crippen molar-refractivity contribution in [1.29, 1.82) is 5.26 Å². The molecule has 0 saturated heterocycles. The number of rotatable bonds is 3. The normalized spacial score (nSPS) is 10.0. The Labute approximate surface area is 130 Å². The highest BCUT2D eigenvalue weighted by molar-refractivity contribution is 9.10. The molecule has 2 rings (SSSR count). The van der Waals surface area contributed by atoms with Gasteiger partial charge in [0.15, 0.2) is 0 Å². The van der Waals surface area contributed by atoms with Gasteiger partial charge in [0.2, 0.25) is 0 Å². The van der Waals surface area contributed by atoms with Gasteiger partial charge in [-0.2, -0.15) is 5.26 Å². The van der Waals surface area contributed by atoms with E-state index in [0.717, 1.165) is 15.7 Å². The second-order valence-corrected chi connectivity index (χ2v) is 5.58. The van der Waals surface area contributed by atoms with Crippen LogP contribution in [0.4, 0.5) is 5.69 Å². The van der Waals surface area contributed by atoms with Crippen molar-refractivity contribution in [1.82, 2.24) is 0 Å². The van der Waals surface area contributed by atoms with E-state index in [2.05, 4.69) is 27.3 Å². The standard InChI is InChI=1S/C14H9BrCl2N2/c15-11-3-1-10(5-13(11)17)8-19-14-6-9(7-18)2-4-12(14)16/h1-6,19H,8H2. The van der Waals surface area contributed by atoms with Gasteiger partial charge in [-0.3, -0.25) is 0 Å². The highest BCUT2D eigenvalue weighted by Gasteiger charge is 2.03. The van der Waals surface area contributed by atoms with E-state index >= 15 is 0 Å². The predicted octanol–water partition coefficient (Wildman–Crippen LogP) is 5.24. The molecule has 1 N–H and O–H groups in total. The molecule has 0 aliphatic rings. The summed E-state index contributed by atoms with van der Waals surface area (Å²) in [5.41, 5.74) is 2.34. The van der Waals surface area contributed by atoms with Gasteiger partial charge in [-0.15, -0.1) is 0 Å². The zero-order valence-corrected chi connectivity index (χ0v) is 12.9. The average molecular weight is 356 g/mol. The fourth-order valence-electron chi connectivity index (χ4n) is 1.58. The zero-order chi connectivity index (χ0) is 13.8. The average Bonchev–Trinajstić information content (AvgIpc) is 2.41. The molecule has 0 radical (unpaired) electrons. The summed E-state index contributed by atoms with van der Waals surface area (Å²) in [4.78, 5) is 0. The molecule has 0 aliphatic heterocycles. The Morgan fingerprint density at radius 1 is 1.11 bits per heavy atom. The molecule has 0 fully saturated rings. The quantitative estimate of drug-likeness (QED) is 0.817. The Morgan fingerprint density at radius 2 is 1.89 bits per heavy atom. The Hall–Kier alpha value is -1.21. The molecule has 0 saturated carbocycles. The first kappa shape index (κ1) is 14.2. The van der Waals surface area contributed by atoms with E-state index < -0.39 is 0 Å². The van der Waals surface area contributed by atoms with E-state index in [1.54, 1.807) is 18.2 Å². The van der Waals surface area contributed by atoms with Crippen LogP contribution in [-0.2, 0) is 6.54 Å². The number of hydrogen-bond acceptors (Lipinski definition) is 2. The van der Waals surface area contributed by atoms with E-state index in [4.69, 9.17) is 28.5 Å². The molecule has 0 atom stereocenters. The summed E-state index contributed by atoms with van der Waals surface area (Å²) in [7, 11) is 0. The van der Waals surface area contributed by atoms with Gasteiger partial charge in [-0.1, -0.05) is 29.3 Å². The first-order valence-electron chi connectivity index (χ1n) is 5.47. The lowest BCUT2D eigenvalue weighted by atomic mass is 10.2. The highest BCUT2D eigenvalue weighted by atomic mass is 79.9. The summed E-state index contributed by atoms with van der Waals surface area (Å²) in [5, 5.41) is 13.3. The molecule has 2 aromatic carbocycles. The maximum Gasteiger partial charge on any atom is 0.0992 e. The van der Waals surface area contributed by atoms with Crippen LogP contribution < -0.4 is 5.32 Å². The number of anilines is 1. The van der Waals surface area contributed by atoms with Crippen LogP contribution in [0, 0.1) is 11.3 Å². The van der Waals surface area contributed by atoms with Crippen molar-refractivity contribution in [2.24, 2.45) is 0 Å². The first-order valence-corrected chi connectivity index (χ1v) is 7.02. The number of nitrogens with one attached hydrogen (secondary N) is 1. The summed E-state index contributed by atoms with van der Waals surface area (Å²) in [6.45, 7) is 0.585. The number of nitrogens with zero attached hydrogens (tertiary/aromatic N) is 1.